The summed E-state index contributed by atoms with van der Waals surface area (Å²) in [6.45, 7) is 7.25. The van der Waals surface area contributed by atoms with Crippen molar-refractivity contribution in [1.29, 1.82) is 0 Å². The number of ether oxygens (including phenoxy) is 1. The summed E-state index contributed by atoms with van der Waals surface area (Å²) in [4.78, 5) is 14.4. The number of aryl methyl sites for hydroxylation is 2. The van der Waals surface area contributed by atoms with Crippen molar-refractivity contribution in [2.24, 2.45) is 5.73 Å². The van der Waals surface area contributed by atoms with Crippen LogP contribution in [0.4, 0.5) is 0 Å². The van der Waals surface area contributed by atoms with Gasteiger partial charge in [-0.2, -0.15) is 5.10 Å². The number of carbonyl (C=O) groups is 1. The molecule has 1 aromatic heterocycles. The Hall–Kier alpha value is -1.40. The van der Waals surface area contributed by atoms with E-state index in [1.807, 2.05) is 24.8 Å². The second-order valence-corrected chi connectivity index (χ2v) is 5.14. The number of hydrogen-bond donors (Lipinski definition) is 1. The summed E-state index contributed by atoms with van der Waals surface area (Å²) < 4.78 is 7.41. The van der Waals surface area contributed by atoms with Crippen LogP contribution in [0.3, 0.4) is 0 Å². The van der Waals surface area contributed by atoms with Gasteiger partial charge in [0, 0.05) is 26.2 Å². The summed E-state index contributed by atoms with van der Waals surface area (Å²) in [5.74, 6) is 0.0738. The van der Waals surface area contributed by atoms with Gasteiger partial charge in [-0.1, -0.05) is 0 Å². The zero-order valence-electron chi connectivity index (χ0n) is 12.3. The first kappa shape index (κ1) is 15.0. The van der Waals surface area contributed by atoms with E-state index in [0.717, 1.165) is 31.6 Å². The predicted molar refractivity (Wildman–Crippen MR) is 76.6 cm³/mol. The Balaban J connectivity index is 1.94. The molecule has 2 N–H and O–H groups in total. The number of likely N-dealkylation sites (tertiary alicyclic amines) is 1. The highest BCUT2D eigenvalue weighted by atomic mass is 16.5. The van der Waals surface area contributed by atoms with Crippen molar-refractivity contribution in [1.82, 2.24) is 14.7 Å². The standard InChI is InChI=1S/C14H24N4O2/c1-3-18-13(10-11(2)16-18)14(19)17-7-4-12(5-8-17)20-9-6-15/h10,12H,3-9,15H2,1-2H3. The Morgan fingerprint density at radius 2 is 2.20 bits per heavy atom. The summed E-state index contributed by atoms with van der Waals surface area (Å²) in [5.41, 5.74) is 7.00. The quantitative estimate of drug-likeness (QED) is 0.865. The Bertz CT molecular complexity index is 450. The summed E-state index contributed by atoms with van der Waals surface area (Å²) in [5, 5.41) is 4.33. The SMILES string of the molecule is CCn1nc(C)cc1C(=O)N1CCC(OCCN)CC1. The van der Waals surface area contributed by atoms with Gasteiger partial charge < -0.3 is 15.4 Å². The Morgan fingerprint density at radius 1 is 1.50 bits per heavy atom. The molecule has 0 bridgehead atoms. The molecule has 1 aliphatic heterocycles. The van der Waals surface area contributed by atoms with Crippen LogP contribution in [0, 0.1) is 6.92 Å². The van der Waals surface area contributed by atoms with Crippen LogP contribution in [0.15, 0.2) is 6.07 Å². The first-order valence-corrected chi connectivity index (χ1v) is 7.31. The fourth-order valence-electron chi connectivity index (χ4n) is 2.58. The maximum atomic E-state index is 12.5. The van der Waals surface area contributed by atoms with Gasteiger partial charge in [0.2, 0.25) is 0 Å². The van der Waals surface area contributed by atoms with Crippen LogP contribution in [0.2, 0.25) is 0 Å². The molecule has 0 radical (unpaired) electrons. The molecule has 112 valence electrons. The zero-order valence-corrected chi connectivity index (χ0v) is 12.3. The molecule has 0 unspecified atom stereocenters. The number of amides is 1. The predicted octanol–water partition coefficient (Wildman–Crippen LogP) is 0.791. The number of rotatable bonds is 5. The van der Waals surface area contributed by atoms with Crippen LogP contribution in [0.1, 0.15) is 35.9 Å². The molecule has 2 rings (SSSR count). The number of nitrogens with two attached hydrogens (primary N) is 1. The third-order valence-corrected chi connectivity index (χ3v) is 3.62. The van der Waals surface area contributed by atoms with Crippen molar-refractivity contribution in [3.8, 4) is 0 Å². The molecule has 1 amide bonds. The second kappa shape index (κ2) is 6.85. The zero-order chi connectivity index (χ0) is 14.5. The van der Waals surface area contributed by atoms with Crippen LogP contribution in [0.25, 0.3) is 0 Å². The average molecular weight is 280 g/mol. The topological polar surface area (TPSA) is 73.4 Å². The van der Waals surface area contributed by atoms with Gasteiger partial charge in [-0.05, 0) is 32.8 Å². The fraction of sp³-hybridized carbons (Fsp3) is 0.714. The highest BCUT2D eigenvalue weighted by Gasteiger charge is 2.26. The van der Waals surface area contributed by atoms with Crippen molar-refractivity contribution in [2.75, 3.05) is 26.2 Å². The summed E-state index contributed by atoms with van der Waals surface area (Å²) in [6, 6.07) is 1.86. The van der Waals surface area contributed by atoms with Gasteiger partial charge in [-0.25, -0.2) is 0 Å². The second-order valence-electron chi connectivity index (χ2n) is 5.14. The van der Waals surface area contributed by atoms with E-state index in [-0.39, 0.29) is 12.0 Å². The van der Waals surface area contributed by atoms with Crippen LogP contribution >= 0.6 is 0 Å². The number of aromatic nitrogens is 2. The van der Waals surface area contributed by atoms with Crippen molar-refractivity contribution in [2.45, 2.75) is 39.3 Å². The molecule has 6 heteroatoms. The van der Waals surface area contributed by atoms with E-state index in [1.165, 1.54) is 0 Å². The molecule has 1 aliphatic rings. The minimum atomic E-state index is 0.0738. The summed E-state index contributed by atoms with van der Waals surface area (Å²) in [7, 11) is 0. The van der Waals surface area contributed by atoms with Crippen LogP contribution in [-0.2, 0) is 11.3 Å². The van der Waals surface area contributed by atoms with E-state index in [0.29, 0.717) is 25.4 Å². The largest absolute Gasteiger partial charge is 0.377 e. The third-order valence-electron chi connectivity index (χ3n) is 3.62. The third kappa shape index (κ3) is 3.37. The van der Waals surface area contributed by atoms with Gasteiger partial charge in [0.15, 0.2) is 0 Å². The molecule has 6 nitrogen and oxygen atoms in total. The van der Waals surface area contributed by atoms with Crippen LogP contribution in [0.5, 0.6) is 0 Å². The minimum absolute atomic E-state index is 0.0738. The molecule has 1 fully saturated rings. The molecule has 2 heterocycles. The first-order chi connectivity index (χ1) is 9.65. The first-order valence-electron chi connectivity index (χ1n) is 7.31. The summed E-state index contributed by atoms with van der Waals surface area (Å²) >= 11 is 0. The monoisotopic (exact) mass is 280 g/mol. The number of piperidine rings is 1. The van der Waals surface area contributed by atoms with E-state index >= 15 is 0 Å². The van der Waals surface area contributed by atoms with E-state index in [2.05, 4.69) is 5.10 Å². The van der Waals surface area contributed by atoms with Gasteiger partial charge >= 0.3 is 0 Å². The average Bonchev–Trinajstić information content (AvgIpc) is 2.86. The van der Waals surface area contributed by atoms with E-state index in [9.17, 15) is 4.79 Å². The molecule has 0 spiro atoms. The van der Waals surface area contributed by atoms with Crippen molar-refractivity contribution >= 4 is 5.91 Å². The molecule has 0 aromatic carbocycles. The Labute approximate surface area is 119 Å². The lowest BCUT2D eigenvalue weighted by atomic mass is 10.1. The van der Waals surface area contributed by atoms with Gasteiger partial charge in [-0.3, -0.25) is 9.48 Å². The number of nitrogens with zero attached hydrogens (tertiary/aromatic N) is 3. The molecule has 1 aromatic rings. The molecule has 20 heavy (non-hydrogen) atoms. The Morgan fingerprint density at radius 3 is 2.80 bits per heavy atom. The molecule has 1 saturated heterocycles. The van der Waals surface area contributed by atoms with Crippen LogP contribution in [-0.4, -0.2) is 52.9 Å². The van der Waals surface area contributed by atoms with Crippen molar-refractivity contribution in [3.63, 3.8) is 0 Å². The number of carbonyl (C=O) groups excluding carboxylic acids is 1. The van der Waals surface area contributed by atoms with Crippen molar-refractivity contribution in [3.05, 3.63) is 17.5 Å². The Kier molecular flexibility index (Phi) is 5.14. The minimum Gasteiger partial charge on any atom is -0.377 e. The van der Waals surface area contributed by atoms with Gasteiger partial charge in [0.1, 0.15) is 5.69 Å². The van der Waals surface area contributed by atoms with E-state index < -0.39 is 0 Å². The maximum Gasteiger partial charge on any atom is 0.272 e. The highest BCUT2D eigenvalue weighted by Crippen LogP contribution is 2.17. The van der Waals surface area contributed by atoms with E-state index in [1.54, 1.807) is 4.68 Å². The highest BCUT2D eigenvalue weighted by molar-refractivity contribution is 5.92. The normalized spacial score (nSPS) is 16.6. The summed E-state index contributed by atoms with van der Waals surface area (Å²) in [6.07, 6.45) is 2.00. The lowest BCUT2D eigenvalue weighted by Gasteiger charge is -2.31. The number of hydrogen-bond acceptors (Lipinski definition) is 4. The lowest BCUT2D eigenvalue weighted by molar-refractivity contribution is 0.0118. The van der Waals surface area contributed by atoms with Crippen LogP contribution < -0.4 is 5.73 Å². The van der Waals surface area contributed by atoms with Gasteiger partial charge in [-0.15, -0.1) is 0 Å². The lowest BCUT2D eigenvalue weighted by Crippen LogP contribution is -2.42. The van der Waals surface area contributed by atoms with Crippen molar-refractivity contribution < 1.29 is 9.53 Å². The fourth-order valence-corrected chi connectivity index (χ4v) is 2.58. The van der Waals surface area contributed by atoms with Gasteiger partial charge in [0.05, 0.1) is 18.4 Å². The smallest absolute Gasteiger partial charge is 0.272 e. The molecule has 0 aliphatic carbocycles. The molecule has 0 atom stereocenters. The van der Waals surface area contributed by atoms with E-state index in [4.69, 9.17) is 10.5 Å². The molecular formula is C14H24N4O2. The van der Waals surface area contributed by atoms with Gasteiger partial charge in [0.25, 0.3) is 5.91 Å². The molecular weight excluding hydrogens is 256 g/mol. The molecule has 0 saturated carbocycles. The maximum absolute atomic E-state index is 12.5.